The lowest BCUT2D eigenvalue weighted by Crippen LogP contribution is -1.91. The maximum Gasteiger partial charge on any atom is 0.210 e. The molecular formula is C16H16N4S2. The zero-order valence-corrected chi connectivity index (χ0v) is 13.8. The molecule has 0 aliphatic rings. The van der Waals surface area contributed by atoms with Crippen LogP contribution in [0.25, 0.3) is 0 Å². The van der Waals surface area contributed by atoms with Gasteiger partial charge in [0.25, 0.3) is 0 Å². The van der Waals surface area contributed by atoms with Gasteiger partial charge >= 0.3 is 0 Å². The lowest BCUT2D eigenvalue weighted by Gasteiger charge is -2.04. The lowest BCUT2D eigenvalue weighted by molar-refractivity contribution is 1.01. The second-order valence-corrected chi connectivity index (χ2v) is 7.09. The Hall–Kier alpha value is -1.92. The topological polar surface area (TPSA) is 50.7 Å². The van der Waals surface area contributed by atoms with Gasteiger partial charge in [0, 0.05) is 23.8 Å². The molecule has 4 nitrogen and oxygen atoms in total. The molecule has 0 saturated carbocycles. The normalized spacial score (nSPS) is 10.6. The Bertz CT molecular complexity index is 728. The molecule has 0 aliphatic heterocycles. The van der Waals surface area contributed by atoms with Crippen molar-refractivity contribution in [1.82, 2.24) is 15.2 Å². The summed E-state index contributed by atoms with van der Waals surface area (Å²) in [6.07, 6.45) is 4.66. The minimum absolute atomic E-state index is 0.834. The van der Waals surface area contributed by atoms with Gasteiger partial charge in [-0.25, -0.2) is 0 Å². The predicted molar refractivity (Wildman–Crippen MR) is 93.0 cm³/mol. The van der Waals surface area contributed by atoms with Crippen LogP contribution in [-0.2, 0) is 6.42 Å². The van der Waals surface area contributed by atoms with Crippen molar-refractivity contribution < 1.29 is 0 Å². The van der Waals surface area contributed by atoms with E-state index in [2.05, 4.69) is 33.5 Å². The van der Waals surface area contributed by atoms with Crippen LogP contribution in [0.15, 0.2) is 53.1 Å². The van der Waals surface area contributed by atoms with Crippen LogP contribution in [-0.4, -0.2) is 20.9 Å². The van der Waals surface area contributed by atoms with Crippen molar-refractivity contribution in [3.63, 3.8) is 0 Å². The fraction of sp³-hybridized carbons (Fsp3) is 0.188. The number of anilines is 2. The van der Waals surface area contributed by atoms with Gasteiger partial charge in [-0.05, 0) is 42.7 Å². The average molecular weight is 328 g/mol. The molecule has 0 amide bonds. The van der Waals surface area contributed by atoms with Crippen LogP contribution < -0.4 is 5.32 Å². The minimum Gasteiger partial charge on any atom is -0.330 e. The van der Waals surface area contributed by atoms with Crippen molar-refractivity contribution in [2.45, 2.75) is 17.7 Å². The number of nitrogens with one attached hydrogen (secondary N) is 1. The number of hydrogen-bond donors (Lipinski definition) is 1. The van der Waals surface area contributed by atoms with E-state index in [1.807, 2.05) is 42.7 Å². The lowest BCUT2D eigenvalue weighted by atomic mass is 10.2. The molecule has 1 N–H and O–H groups in total. The van der Waals surface area contributed by atoms with Crippen molar-refractivity contribution in [2.75, 3.05) is 11.1 Å². The van der Waals surface area contributed by atoms with E-state index >= 15 is 0 Å². The molecule has 0 spiro atoms. The number of rotatable bonds is 6. The van der Waals surface area contributed by atoms with Gasteiger partial charge in [-0.3, -0.25) is 4.98 Å². The molecule has 0 bridgehead atoms. The smallest absolute Gasteiger partial charge is 0.210 e. The zero-order valence-electron chi connectivity index (χ0n) is 12.2. The van der Waals surface area contributed by atoms with Gasteiger partial charge in [0.15, 0.2) is 4.34 Å². The van der Waals surface area contributed by atoms with Crippen molar-refractivity contribution in [2.24, 2.45) is 0 Å². The monoisotopic (exact) mass is 328 g/mol. The number of thioether (sulfide) groups is 1. The van der Waals surface area contributed by atoms with E-state index in [1.54, 1.807) is 23.1 Å². The van der Waals surface area contributed by atoms with Crippen LogP contribution in [0.5, 0.6) is 0 Å². The highest BCUT2D eigenvalue weighted by atomic mass is 32.2. The molecule has 3 aromatic rings. The molecule has 6 heteroatoms. The Morgan fingerprint density at radius 2 is 1.91 bits per heavy atom. The highest BCUT2D eigenvalue weighted by molar-refractivity contribution is 8.01. The average Bonchev–Trinajstić information content (AvgIpc) is 2.98. The molecule has 0 radical (unpaired) electrons. The molecule has 22 heavy (non-hydrogen) atoms. The first-order valence-corrected chi connectivity index (χ1v) is 8.79. The van der Waals surface area contributed by atoms with Crippen LogP contribution in [0, 0.1) is 6.92 Å². The van der Waals surface area contributed by atoms with Crippen LogP contribution in [0.3, 0.4) is 0 Å². The molecule has 2 aromatic heterocycles. The summed E-state index contributed by atoms with van der Waals surface area (Å²) in [6, 6.07) is 12.3. The Kier molecular flexibility index (Phi) is 5.03. The molecule has 2 heterocycles. The van der Waals surface area contributed by atoms with Crippen LogP contribution in [0.2, 0.25) is 0 Å². The first-order chi connectivity index (χ1) is 10.8. The third-order valence-corrected chi connectivity index (χ3v) is 5.13. The molecule has 1 aromatic carbocycles. The van der Waals surface area contributed by atoms with Crippen molar-refractivity contribution >= 4 is 33.9 Å². The summed E-state index contributed by atoms with van der Waals surface area (Å²) >= 11 is 3.32. The molecule has 0 unspecified atom stereocenters. The Labute approximate surface area is 138 Å². The van der Waals surface area contributed by atoms with E-state index in [9.17, 15) is 0 Å². The standard InChI is InChI=1S/C16H16N4S2/c1-12-4-2-3-5-14(12)18-15-19-20-16(22-15)21-11-8-13-6-9-17-10-7-13/h2-7,9-10H,8,11H2,1H3,(H,18,19). The van der Waals surface area contributed by atoms with Crippen LogP contribution in [0.1, 0.15) is 11.1 Å². The molecule has 0 aliphatic carbocycles. The largest absolute Gasteiger partial charge is 0.330 e. The van der Waals surface area contributed by atoms with E-state index in [0.717, 1.165) is 27.3 Å². The number of aryl methyl sites for hydroxylation is 2. The predicted octanol–water partition coefficient (Wildman–Crippen LogP) is 4.32. The highest BCUT2D eigenvalue weighted by Crippen LogP contribution is 2.28. The maximum atomic E-state index is 4.23. The number of nitrogens with zero attached hydrogens (tertiary/aromatic N) is 3. The number of benzene rings is 1. The van der Waals surface area contributed by atoms with Gasteiger partial charge in [0.2, 0.25) is 5.13 Å². The number of aromatic nitrogens is 3. The summed E-state index contributed by atoms with van der Waals surface area (Å²) in [6.45, 7) is 2.08. The van der Waals surface area contributed by atoms with Crippen molar-refractivity contribution in [1.29, 1.82) is 0 Å². The third kappa shape index (κ3) is 4.05. The first-order valence-electron chi connectivity index (χ1n) is 6.99. The van der Waals surface area contributed by atoms with Crippen molar-refractivity contribution in [3.8, 4) is 0 Å². The molecular weight excluding hydrogens is 312 g/mol. The van der Waals surface area contributed by atoms with Crippen molar-refractivity contribution in [3.05, 3.63) is 59.9 Å². The fourth-order valence-electron chi connectivity index (χ4n) is 1.95. The first kappa shape index (κ1) is 15.0. The summed E-state index contributed by atoms with van der Waals surface area (Å²) in [5, 5.41) is 12.6. The molecule has 3 rings (SSSR count). The Morgan fingerprint density at radius 1 is 1.09 bits per heavy atom. The SMILES string of the molecule is Cc1ccccc1Nc1nnc(SCCc2ccncc2)s1. The summed E-state index contributed by atoms with van der Waals surface area (Å²) in [4.78, 5) is 4.03. The van der Waals surface area contributed by atoms with Gasteiger partial charge in [-0.1, -0.05) is 41.3 Å². The Morgan fingerprint density at radius 3 is 2.73 bits per heavy atom. The second-order valence-electron chi connectivity index (χ2n) is 4.77. The number of para-hydroxylation sites is 1. The van der Waals surface area contributed by atoms with Gasteiger partial charge in [0.05, 0.1) is 0 Å². The van der Waals surface area contributed by atoms with Gasteiger partial charge in [0.1, 0.15) is 0 Å². The maximum absolute atomic E-state index is 4.23. The number of pyridine rings is 1. The Balaban J connectivity index is 1.54. The van der Waals surface area contributed by atoms with E-state index < -0.39 is 0 Å². The molecule has 0 atom stereocenters. The summed E-state index contributed by atoms with van der Waals surface area (Å²) in [5.74, 6) is 0.989. The molecule has 112 valence electrons. The zero-order chi connectivity index (χ0) is 15.2. The molecule has 0 fully saturated rings. The van der Waals surface area contributed by atoms with E-state index in [-0.39, 0.29) is 0 Å². The van der Waals surface area contributed by atoms with Crippen LogP contribution in [0.4, 0.5) is 10.8 Å². The van der Waals surface area contributed by atoms with E-state index in [0.29, 0.717) is 0 Å². The molecule has 0 saturated heterocycles. The van der Waals surface area contributed by atoms with Crippen LogP contribution >= 0.6 is 23.1 Å². The summed E-state index contributed by atoms with van der Waals surface area (Å²) in [7, 11) is 0. The fourth-order valence-corrected chi connectivity index (χ4v) is 3.78. The van der Waals surface area contributed by atoms with E-state index in [1.165, 1.54) is 11.1 Å². The van der Waals surface area contributed by atoms with Gasteiger partial charge < -0.3 is 5.32 Å². The summed E-state index contributed by atoms with van der Waals surface area (Å²) in [5.41, 5.74) is 3.57. The minimum atomic E-state index is 0.834. The third-order valence-electron chi connectivity index (χ3n) is 3.16. The quantitative estimate of drug-likeness (QED) is 0.683. The highest BCUT2D eigenvalue weighted by Gasteiger charge is 2.06. The van der Waals surface area contributed by atoms with Gasteiger partial charge in [-0.2, -0.15) is 0 Å². The van der Waals surface area contributed by atoms with E-state index in [4.69, 9.17) is 0 Å². The summed E-state index contributed by atoms with van der Waals surface area (Å²) < 4.78 is 0.991. The number of hydrogen-bond acceptors (Lipinski definition) is 6. The van der Waals surface area contributed by atoms with Gasteiger partial charge in [-0.15, -0.1) is 10.2 Å². The second kappa shape index (κ2) is 7.38.